The number of oxazole rings is 1. The molecule has 1 aliphatic heterocycles. The summed E-state index contributed by atoms with van der Waals surface area (Å²) in [6, 6.07) is 13.0. The highest BCUT2D eigenvalue weighted by Crippen LogP contribution is 2.24. The fraction of sp³-hybridized carbons (Fsp3) is 0.318. The number of piperazine rings is 1. The average Bonchev–Trinajstić information content (AvgIpc) is 3.21. The number of ether oxygens (including phenoxy) is 1. The Bertz CT molecular complexity index is 1220. The van der Waals surface area contributed by atoms with Crippen LogP contribution in [0.4, 0.5) is 18.0 Å². The monoisotopic (exact) mass is 496 g/mol. The van der Waals surface area contributed by atoms with Crippen LogP contribution in [0.5, 0.6) is 5.75 Å². The smallest absolute Gasteiger partial charge is 0.490 e. The van der Waals surface area contributed by atoms with E-state index in [4.69, 9.17) is 19.1 Å². The van der Waals surface area contributed by atoms with Gasteiger partial charge in [0.15, 0.2) is 5.58 Å². The Morgan fingerprint density at radius 3 is 2.54 bits per heavy atom. The molecule has 2 amide bonds. The van der Waals surface area contributed by atoms with Crippen LogP contribution in [0.15, 0.2) is 51.7 Å². The summed E-state index contributed by atoms with van der Waals surface area (Å²) in [4.78, 5) is 37.4. The van der Waals surface area contributed by atoms with E-state index >= 15 is 0 Å². The van der Waals surface area contributed by atoms with E-state index in [0.29, 0.717) is 30.7 Å². The molecule has 35 heavy (non-hydrogen) atoms. The molecule has 1 atom stereocenters. The molecule has 10 nitrogen and oxygen atoms in total. The van der Waals surface area contributed by atoms with Gasteiger partial charge in [-0.25, -0.2) is 14.4 Å². The molecule has 0 radical (unpaired) electrons. The Kier molecular flexibility index (Phi) is 8.02. The maximum Gasteiger partial charge on any atom is 0.490 e. The first-order valence-electron chi connectivity index (χ1n) is 10.4. The SMILES string of the molecule is COc1ccc(C2CNCCN2C(=O)NCc2ccc3[nH]c(=O)oc3c2)cc1.O=C(O)C(F)(F)F. The topological polar surface area (TPSA) is 137 Å². The number of hydrogen-bond donors (Lipinski definition) is 4. The fourth-order valence-corrected chi connectivity index (χ4v) is 3.45. The molecule has 0 saturated carbocycles. The van der Waals surface area contributed by atoms with Gasteiger partial charge in [0.1, 0.15) is 5.75 Å². The summed E-state index contributed by atoms with van der Waals surface area (Å²) in [5.74, 6) is -2.46. The lowest BCUT2D eigenvalue weighted by Crippen LogP contribution is -2.51. The summed E-state index contributed by atoms with van der Waals surface area (Å²) in [6.45, 7) is 2.41. The fourth-order valence-electron chi connectivity index (χ4n) is 3.45. The first-order valence-corrected chi connectivity index (χ1v) is 10.4. The van der Waals surface area contributed by atoms with Gasteiger partial charge < -0.3 is 29.8 Å². The Morgan fingerprint density at radius 1 is 1.23 bits per heavy atom. The number of carboxylic acids is 1. The van der Waals surface area contributed by atoms with Crippen LogP contribution in [0.1, 0.15) is 17.2 Å². The number of H-pyrrole nitrogens is 1. The minimum absolute atomic E-state index is 0.0511. The number of halogens is 3. The molecule has 0 aliphatic carbocycles. The number of carbonyl (C=O) groups is 2. The van der Waals surface area contributed by atoms with Crippen LogP contribution in [0.25, 0.3) is 11.1 Å². The lowest BCUT2D eigenvalue weighted by atomic mass is 10.0. The normalized spacial score (nSPS) is 15.8. The number of fused-ring (bicyclic) bond motifs is 1. The Morgan fingerprint density at radius 2 is 1.91 bits per heavy atom. The van der Waals surface area contributed by atoms with Crippen molar-refractivity contribution in [1.29, 1.82) is 0 Å². The van der Waals surface area contributed by atoms with E-state index < -0.39 is 17.9 Å². The number of carboxylic acid groups (broad SMARTS) is 1. The van der Waals surface area contributed by atoms with Crippen LogP contribution in [0.3, 0.4) is 0 Å². The Balaban J connectivity index is 0.000000429. The predicted octanol–water partition coefficient (Wildman–Crippen LogP) is 2.62. The van der Waals surface area contributed by atoms with E-state index in [0.717, 1.165) is 23.4 Å². The molecule has 1 unspecified atom stereocenters. The number of aromatic nitrogens is 1. The molecule has 1 aromatic heterocycles. The highest BCUT2D eigenvalue weighted by Gasteiger charge is 2.38. The van der Waals surface area contributed by atoms with Gasteiger partial charge in [-0.2, -0.15) is 13.2 Å². The molecule has 1 fully saturated rings. The molecule has 0 bridgehead atoms. The van der Waals surface area contributed by atoms with Crippen molar-refractivity contribution in [3.8, 4) is 5.75 Å². The van der Waals surface area contributed by atoms with Crippen molar-refractivity contribution >= 4 is 23.1 Å². The van der Waals surface area contributed by atoms with E-state index in [1.807, 2.05) is 35.2 Å². The molecule has 13 heteroatoms. The van der Waals surface area contributed by atoms with E-state index in [9.17, 15) is 22.8 Å². The van der Waals surface area contributed by atoms with E-state index in [-0.39, 0.29) is 12.1 Å². The minimum atomic E-state index is -5.08. The van der Waals surface area contributed by atoms with Crippen molar-refractivity contribution in [2.24, 2.45) is 0 Å². The second kappa shape index (κ2) is 11.0. The lowest BCUT2D eigenvalue weighted by molar-refractivity contribution is -0.192. The van der Waals surface area contributed by atoms with Crippen LogP contribution < -0.4 is 21.1 Å². The lowest BCUT2D eigenvalue weighted by Gasteiger charge is -2.36. The van der Waals surface area contributed by atoms with Gasteiger partial charge in [0, 0.05) is 26.2 Å². The zero-order valence-corrected chi connectivity index (χ0v) is 18.5. The number of nitrogens with one attached hydrogen (secondary N) is 3. The summed E-state index contributed by atoms with van der Waals surface area (Å²) < 4.78 is 42.0. The molecule has 2 aromatic carbocycles. The maximum atomic E-state index is 12.8. The number of hydrogen-bond acceptors (Lipinski definition) is 6. The number of urea groups is 1. The number of amides is 2. The molecule has 4 N–H and O–H groups in total. The summed E-state index contributed by atoms with van der Waals surface area (Å²) in [5, 5.41) is 13.4. The van der Waals surface area contributed by atoms with Crippen molar-refractivity contribution in [3.05, 3.63) is 64.1 Å². The third kappa shape index (κ3) is 6.76. The van der Waals surface area contributed by atoms with Gasteiger partial charge in [0.25, 0.3) is 0 Å². The van der Waals surface area contributed by atoms with Crippen LogP contribution >= 0.6 is 0 Å². The third-order valence-corrected chi connectivity index (χ3v) is 5.18. The van der Waals surface area contributed by atoms with Crippen LogP contribution in [0.2, 0.25) is 0 Å². The molecular formula is C22H23F3N4O6. The summed E-state index contributed by atoms with van der Waals surface area (Å²) in [7, 11) is 1.63. The summed E-state index contributed by atoms with van der Waals surface area (Å²) in [6.07, 6.45) is -5.08. The molecule has 1 aliphatic rings. The number of aliphatic carboxylic acids is 1. The molecular weight excluding hydrogens is 473 g/mol. The number of rotatable bonds is 4. The highest BCUT2D eigenvalue weighted by molar-refractivity contribution is 5.76. The van der Waals surface area contributed by atoms with E-state index in [1.165, 1.54) is 0 Å². The quantitative estimate of drug-likeness (QED) is 0.436. The van der Waals surface area contributed by atoms with Gasteiger partial charge in [0.05, 0.1) is 18.7 Å². The predicted molar refractivity (Wildman–Crippen MR) is 118 cm³/mol. The van der Waals surface area contributed by atoms with Gasteiger partial charge in [-0.15, -0.1) is 0 Å². The maximum absolute atomic E-state index is 12.8. The van der Waals surface area contributed by atoms with Crippen molar-refractivity contribution in [1.82, 2.24) is 20.5 Å². The molecule has 0 spiro atoms. The van der Waals surface area contributed by atoms with Crippen LogP contribution in [-0.4, -0.2) is 59.9 Å². The van der Waals surface area contributed by atoms with Gasteiger partial charge in [-0.05, 0) is 35.4 Å². The number of benzene rings is 2. The van der Waals surface area contributed by atoms with E-state index in [1.54, 1.807) is 19.2 Å². The molecule has 2 heterocycles. The molecule has 4 rings (SSSR count). The average molecular weight is 496 g/mol. The van der Waals surface area contributed by atoms with Gasteiger partial charge in [-0.1, -0.05) is 18.2 Å². The second-order valence-corrected chi connectivity index (χ2v) is 7.49. The zero-order valence-electron chi connectivity index (χ0n) is 18.5. The molecule has 3 aromatic rings. The molecule has 188 valence electrons. The summed E-state index contributed by atoms with van der Waals surface area (Å²) in [5.41, 5.74) is 3.04. The van der Waals surface area contributed by atoms with Gasteiger partial charge in [-0.3, -0.25) is 4.98 Å². The number of aromatic amines is 1. The third-order valence-electron chi connectivity index (χ3n) is 5.18. The Labute approximate surface area is 196 Å². The molecule has 1 saturated heterocycles. The van der Waals surface area contributed by atoms with Crippen molar-refractivity contribution < 1.29 is 37.0 Å². The van der Waals surface area contributed by atoms with E-state index in [2.05, 4.69) is 15.6 Å². The second-order valence-electron chi connectivity index (χ2n) is 7.49. The first-order chi connectivity index (χ1) is 16.6. The highest BCUT2D eigenvalue weighted by atomic mass is 19.4. The standard InChI is InChI=1S/C20H22N4O4.C2HF3O2/c1-27-15-5-3-14(4-6-15)17-12-21-8-9-24(17)19(25)22-11-13-2-7-16-18(10-13)28-20(26)23-16;3-2(4,5)1(6)7/h2-7,10,17,21H,8-9,11-12H2,1H3,(H,22,25)(H,23,26);(H,6,7). The number of methoxy groups -OCH3 is 1. The van der Waals surface area contributed by atoms with Gasteiger partial charge in [0.2, 0.25) is 0 Å². The Hall–Kier alpha value is -4.00. The van der Waals surface area contributed by atoms with Crippen molar-refractivity contribution in [2.45, 2.75) is 18.8 Å². The minimum Gasteiger partial charge on any atom is -0.497 e. The van der Waals surface area contributed by atoms with Gasteiger partial charge >= 0.3 is 23.9 Å². The zero-order chi connectivity index (χ0) is 25.6. The first kappa shape index (κ1) is 25.6. The van der Waals surface area contributed by atoms with Crippen molar-refractivity contribution in [3.63, 3.8) is 0 Å². The van der Waals surface area contributed by atoms with Crippen LogP contribution in [-0.2, 0) is 11.3 Å². The number of carbonyl (C=O) groups excluding carboxylic acids is 1. The van der Waals surface area contributed by atoms with Crippen LogP contribution in [0, 0.1) is 0 Å². The summed E-state index contributed by atoms with van der Waals surface area (Å²) >= 11 is 0. The van der Waals surface area contributed by atoms with Crippen molar-refractivity contribution in [2.75, 3.05) is 26.7 Å². The largest absolute Gasteiger partial charge is 0.497 e. The number of alkyl halides is 3. The number of nitrogens with zero attached hydrogens (tertiary/aromatic N) is 1.